The second-order valence-corrected chi connectivity index (χ2v) is 7.26. The second kappa shape index (κ2) is 6.54. The van der Waals surface area contributed by atoms with Gasteiger partial charge in [-0.2, -0.15) is 0 Å². The molecule has 130 valence electrons. The molecule has 1 aromatic rings. The summed E-state index contributed by atoms with van der Waals surface area (Å²) in [6, 6.07) is 6.20. The van der Waals surface area contributed by atoms with Gasteiger partial charge >= 0.3 is 0 Å². The first-order valence-corrected chi connectivity index (χ1v) is 9.12. The van der Waals surface area contributed by atoms with Gasteiger partial charge < -0.3 is 19.7 Å². The fraction of sp³-hybridized carbons (Fsp3) is 0.632. The van der Waals surface area contributed by atoms with Crippen molar-refractivity contribution in [2.75, 3.05) is 33.4 Å². The number of aliphatic imine (C=N–C) groups is 1. The highest BCUT2D eigenvalue weighted by Crippen LogP contribution is 2.47. The predicted molar refractivity (Wildman–Crippen MR) is 94.7 cm³/mol. The van der Waals surface area contributed by atoms with Crippen molar-refractivity contribution in [2.24, 2.45) is 10.4 Å². The van der Waals surface area contributed by atoms with Crippen LogP contribution in [-0.2, 0) is 6.54 Å². The topological polar surface area (TPSA) is 46.1 Å². The molecule has 1 spiro atoms. The van der Waals surface area contributed by atoms with E-state index in [9.17, 15) is 0 Å². The lowest BCUT2D eigenvalue weighted by Gasteiger charge is -2.38. The van der Waals surface area contributed by atoms with Gasteiger partial charge in [-0.05, 0) is 42.4 Å². The van der Waals surface area contributed by atoms with E-state index in [2.05, 4.69) is 27.3 Å². The highest BCUT2D eigenvalue weighted by molar-refractivity contribution is 5.80. The molecule has 0 aromatic heterocycles. The molecule has 0 radical (unpaired) electrons. The molecule has 1 saturated carbocycles. The van der Waals surface area contributed by atoms with Crippen LogP contribution >= 0.6 is 0 Å². The third kappa shape index (κ3) is 3.04. The maximum Gasteiger partial charge on any atom is 0.193 e. The van der Waals surface area contributed by atoms with Gasteiger partial charge in [0.25, 0.3) is 0 Å². The van der Waals surface area contributed by atoms with E-state index in [1.165, 1.54) is 31.2 Å². The van der Waals surface area contributed by atoms with Crippen molar-refractivity contribution in [2.45, 2.75) is 38.6 Å². The van der Waals surface area contributed by atoms with Gasteiger partial charge in [0, 0.05) is 33.1 Å². The van der Waals surface area contributed by atoms with Crippen LogP contribution in [0.2, 0.25) is 0 Å². The molecule has 2 aliphatic heterocycles. The lowest BCUT2D eigenvalue weighted by Crippen LogP contribution is -2.42. The van der Waals surface area contributed by atoms with Gasteiger partial charge in [0.15, 0.2) is 17.5 Å². The summed E-state index contributed by atoms with van der Waals surface area (Å²) in [5.74, 6) is 2.73. The fourth-order valence-electron chi connectivity index (χ4n) is 4.03. The molecule has 4 rings (SSSR count). The van der Waals surface area contributed by atoms with Gasteiger partial charge in [-0.15, -0.1) is 0 Å². The zero-order valence-corrected chi connectivity index (χ0v) is 14.5. The number of likely N-dealkylation sites (tertiary alicyclic amines) is 1. The average Bonchev–Trinajstić information content (AvgIpc) is 2.90. The van der Waals surface area contributed by atoms with E-state index >= 15 is 0 Å². The summed E-state index contributed by atoms with van der Waals surface area (Å²) in [5.41, 5.74) is 1.78. The van der Waals surface area contributed by atoms with E-state index in [0.29, 0.717) is 5.41 Å². The van der Waals surface area contributed by atoms with Crippen molar-refractivity contribution in [1.82, 2.24) is 10.2 Å². The van der Waals surface area contributed by atoms with Crippen molar-refractivity contribution in [3.63, 3.8) is 0 Å². The SMILES string of the molecule is CN=C(NCc1ccc2c(c1)OCCCO2)N1CCC2(CCC2)C1. The molecule has 1 saturated heterocycles. The van der Waals surface area contributed by atoms with Crippen molar-refractivity contribution < 1.29 is 9.47 Å². The van der Waals surface area contributed by atoms with Crippen LogP contribution in [0.4, 0.5) is 0 Å². The quantitative estimate of drug-likeness (QED) is 0.669. The fourth-order valence-corrected chi connectivity index (χ4v) is 4.03. The Bertz CT molecular complexity index is 625. The van der Waals surface area contributed by atoms with Gasteiger partial charge in [0.2, 0.25) is 0 Å². The Morgan fingerprint density at radius 3 is 2.71 bits per heavy atom. The number of benzene rings is 1. The minimum Gasteiger partial charge on any atom is -0.490 e. The number of hydrogen-bond acceptors (Lipinski definition) is 3. The lowest BCUT2D eigenvalue weighted by atomic mass is 9.68. The first kappa shape index (κ1) is 15.6. The molecule has 5 nitrogen and oxygen atoms in total. The number of rotatable bonds is 2. The van der Waals surface area contributed by atoms with E-state index < -0.39 is 0 Å². The smallest absolute Gasteiger partial charge is 0.193 e. The molecular weight excluding hydrogens is 302 g/mol. The summed E-state index contributed by atoms with van der Waals surface area (Å²) in [7, 11) is 1.88. The zero-order chi connectivity index (χ0) is 16.4. The monoisotopic (exact) mass is 329 g/mol. The standard InChI is InChI=1S/C19H27N3O2/c1-20-18(22-9-8-19(14-22)6-2-7-19)21-13-15-4-5-16-17(12-15)24-11-3-10-23-16/h4-5,12H,2-3,6-11,13-14H2,1H3,(H,20,21). The largest absolute Gasteiger partial charge is 0.490 e. The molecule has 0 atom stereocenters. The van der Waals surface area contributed by atoms with Gasteiger partial charge in [-0.3, -0.25) is 4.99 Å². The van der Waals surface area contributed by atoms with Crippen molar-refractivity contribution >= 4 is 5.96 Å². The van der Waals surface area contributed by atoms with Crippen LogP contribution in [-0.4, -0.2) is 44.2 Å². The van der Waals surface area contributed by atoms with Gasteiger partial charge in [0.1, 0.15) is 0 Å². The number of fused-ring (bicyclic) bond motifs is 1. The molecule has 0 unspecified atom stereocenters. The molecule has 5 heteroatoms. The molecule has 24 heavy (non-hydrogen) atoms. The average molecular weight is 329 g/mol. The van der Waals surface area contributed by atoms with E-state index in [1.807, 2.05) is 13.1 Å². The van der Waals surface area contributed by atoms with E-state index in [1.54, 1.807) is 0 Å². The Hall–Kier alpha value is -1.91. The molecule has 2 fully saturated rings. The summed E-state index contributed by atoms with van der Waals surface area (Å²) in [6.07, 6.45) is 6.44. The molecule has 0 bridgehead atoms. The highest BCUT2D eigenvalue weighted by Gasteiger charge is 2.43. The summed E-state index contributed by atoms with van der Waals surface area (Å²) in [6.45, 7) is 4.50. The summed E-state index contributed by atoms with van der Waals surface area (Å²) >= 11 is 0. The minimum atomic E-state index is 0.590. The first-order chi connectivity index (χ1) is 11.8. The Morgan fingerprint density at radius 2 is 2.00 bits per heavy atom. The van der Waals surface area contributed by atoms with Crippen LogP contribution in [0.15, 0.2) is 23.2 Å². The van der Waals surface area contributed by atoms with Gasteiger partial charge in [-0.25, -0.2) is 0 Å². The Balaban J connectivity index is 1.38. The van der Waals surface area contributed by atoms with Crippen LogP contribution in [0.1, 0.15) is 37.7 Å². The normalized spacial score (nSPS) is 22.2. The number of guanidine groups is 1. The molecule has 1 N–H and O–H groups in total. The van der Waals surface area contributed by atoms with Gasteiger partial charge in [-0.1, -0.05) is 12.5 Å². The number of ether oxygens (including phenoxy) is 2. The predicted octanol–water partition coefficient (Wildman–Crippen LogP) is 2.80. The Morgan fingerprint density at radius 1 is 1.17 bits per heavy atom. The zero-order valence-electron chi connectivity index (χ0n) is 14.5. The molecule has 3 aliphatic rings. The first-order valence-electron chi connectivity index (χ1n) is 9.12. The van der Waals surface area contributed by atoms with E-state index in [4.69, 9.17) is 9.47 Å². The number of nitrogens with one attached hydrogen (secondary N) is 1. The van der Waals surface area contributed by atoms with E-state index in [-0.39, 0.29) is 0 Å². The van der Waals surface area contributed by atoms with Crippen LogP contribution in [0.5, 0.6) is 11.5 Å². The molecule has 0 amide bonds. The van der Waals surface area contributed by atoms with Crippen LogP contribution in [0.25, 0.3) is 0 Å². The van der Waals surface area contributed by atoms with Crippen molar-refractivity contribution in [1.29, 1.82) is 0 Å². The van der Waals surface area contributed by atoms with Gasteiger partial charge in [0.05, 0.1) is 13.2 Å². The highest BCUT2D eigenvalue weighted by atomic mass is 16.5. The minimum absolute atomic E-state index is 0.590. The van der Waals surface area contributed by atoms with Crippen LogP contribution < -0.4 is 14.8 Å². The molecule has 2 heterocycles. The summed E-state index contributed by atoms with van der Waals surface area (Å²) in [4.78, 5) is 6.91. The van der Waals surface area contributed by atoms with E-state index in [0.717, 1.165) is 56.7 Å². The Kier molecular flexibility index (Phi) is 4.25. The molecule has 1 aliphatic carbocycles. The third-order valence-electron chi connectivity index (χ3n) is 5.63. The maximum atomic E-state index is 5.78. The summed E-state index contributed by atoms with van der Waals surface area (Å²) < 4.78 is 11.5. The molecular formula is C19H27N3O2. The lowest BCUT2D eigenvalue weighted by molar-refractivity contribution is 0.151. The van der Waals surface area contributed by atoms with Crippen molar-refractivity contribution in [3.8, 4) is 11.5 Å². The van der Waals surface area contributed by atoms with Crippen LogP contribution in [0.3, 0.4) is 0 Å². The summed E-state index contributed by atoms with van der Waals surface area (Å²) in [5, 5.41) is 3.52. The number of hydrogen-bond donors (Lipinski definition) is 1. The van der Waals surface area contributed by atoms with Crippen molar-refractivity contribution in [3.05, 3.63) is 23.8 Å². The number of nitrogens with zero attached hydrogens (tertiary/aromatic N) is 2. The second-order valence-electron chi connectivity index (χ2n) is 7.26. The molecule has 1 aromatic carbocycles. The third-order valence-corrected chi connectivity index (χ3v) is 5.63. The maximum absolute atomic E-state index is 5.78. The Labute approximate surface area is 144 Å². The van der Waals surface area contributed by atoms with Crippen LogP contribution in [0, 0.1) is 5.41 Å².